The number of guanidine groups is 1. The zero-order valence-electron chi connectivity index (χ0n) is 14.2. The van der Waals surface area contributed by atoms with Crippen LogP contribution in [-0.2, 0) is 13.0 Å². The molecule has 0 aliphatic heterocycles. The molecule has 2 rings (SSSR count). The minimum absolute atomic E-state index is 0. The summed E-state index contributed by atoms with van der Waals surface area (Å²) < 4.78 is 5.30. The molecule has 0 radical (unpaired) electrons. The third-order valence-electron chi connectivity index (χ3n) is 3.44. The molecule has 0 fully saturated rings. The van der Waals surface area contributed by atoms with Gasteiger partial charge >= 0.3 is 0 Å². The van der Waals surface area contributed by atoms with Crippen molar-refractivity contribution < 1.29 is 4.52 Å². The summed E-state index contributed by atoms with van der Waals surface area (Å²) >= 11 is 5.88. The van der Waals surface area contributed by atoms with Crippen molar-refractivity contribution in [2.75, 3.05) is 13.6 Å². The van der Waals surface area contributed by atoms with E-state index in [0.29, 0.717) is 12.5 Å². The van der Waals surface area contributed by atoms with Gasteiger partial charge in [0.25, 0.3) is 0 Å². The zero-order chi connectivity index (χ0) is 16.7. The first-order chi connectivity index (χ1) is 11.1. The Hall–Kier alpha value is -1.28. The Morgan fingerprint density at radius 3 is 2.54 bits per heavy atom. The third kappa shape index (κ3) is 6.68. The van der Waals surface area contributed by atoms with Crippen molar-refractivity contribution in [2.45, 2.75) is 32.7 Å². The van der Waals surface area contributed by atoms with E-state index in [2.05, 4.69) is 34.6 Å². The Morgan fingerprint density at radius 1 is 1.25 bits per heavy atom. The molecule has 5 nitrogen and oxygen atoms in total. The summed E-state index contributed by atoms with van der Waals surface area (Å²) in [5.41, 5.74) is 2.20. The van der Waals surface area contributed by atoms with Crippen LogP contribution in [0.1, 0.15) is 36.8 Å². The Bertz CT molecular complexity index is 640. The van der Waals surface area contributed by atoms with Crippen LogP contribution in [0.4, 0.5) is 0 Å². The first-order valence-electron chi connectivity index (χ1n) is 7.73. The average Bonchev–Trinajstić information content (AvgIpc) is 3.01. The second-order valence-corrected chi connectivity index (χ2v) is 6.04. The largest absolute Gasteiger partial charge is 0.359 e. The molecule has 0 bridgehead atoms. The second kappa shape index (κ2) is 10.6. The first kappa shape index (κ1) is 20.8. The molecule has 0 amide bonds. The lowest BCUT2D eigenvalue weighted by Gasteiger charge is -2.10. The van der Waals surface area contributed by atoms with Crippen LogP contribution in [0.15, 0.2) is 39.8 Å². The number of aromatic nitrogens is 1. The van der Waals surface area contributed by atoms with Gasteiger partial charge in [-0.2, -0.15) is 0 Å². The highest BCUT2D eigenvalue weighted by molar-refractivity contribution is 14.0. The summed E-state index contributed by atoms with van der Waals surface area (Å²) in [6, 6.07) is 9.84. The van der Waals surface area contributed by atoms with Gasteiger partial charge in [0, 0.05) is 24.7 Å². The molecule has 2 aromatic rings. The fourth-order valence-electron chi connectivity index (χ4n) is 2.05. The van der Waals surface area contributed by atoms with Crippen molar-refractivity contribution in [3.63, 3.8) is 0 Å². The van der Waals surface area contributed by atoms with Crippen molar-refractivity contribution >= 4 is 41.5 Å². The monoisotopic (exact) mass is 462 g/mol. The molecule has 1 aromatic heterocycles. The maximum Gasteiger partial charge on any atom is 0.191 e. The lowest BCUT2D eigenvalue weighted by molar-refractivity contribution is 0.372. The highest BCUT2D eigenvalue weighted by Gasteiger charge is 2.08. The molecule has 1 heterocycles. The number of aliphatic imine (C=N–C) groups is 1. The van der Waals surface area contributed by atoms with Gasteiger partial charge in [-0.1, -0.05) is 42.7 Å². The highest BCUT2D eigenvalue weighted by atomic mass is 127. The van der Waals surface area contributed by atoms with Crippen LogP contribution < -0.4 is 10.6 Å². The summed E-state index contributed by atoms with van der Waals surface area (Å²) in [5.74, 6) is 1.90. The standard InChI is InChI=1S/C17H23ClN4O.HI/c1-12(2)16-10-15(23-22-16)11-21-17(19-3)20-9-8-13-4-6-14(18)7-5-13;/h4-7,10,12H,8-9,11H2,1-3H3,(H2,19,20,21);1H. The summed E-state index contributed by atoms with van der Waals surface area (Å²) in [4.78, 5) is 4.20. The van der Waals surface area contributed by atoms with E-state index in [1.54, 1.807) is 7.05 Å². The van der Waals surface area contributed by atoms with E-state index in [4.69, 9.17) is 16.1 Å². The molecule has 7 heteroatoms. The Kier molecular flexibility index (Phi) is 9.13. The lowest BCUT2D eigenvalue weighted by atomic mass is 10.1. The van der Waals surface area contributed by atoms with Gasteiger partial charge in [-0.15, -0.1) is 24.0 Å². The maximum atomic E-state index is 5.88. The first-order valence-corrected chi connectivity index (χ1v) is 8.10. The molecular formula is C17H24ClIN4O. The fourth-order valence-corrected chi connectivity index (χ4v) is 2.18. The van der Waals surface area contributed by atoms with E-state index < -0.39 is 0 Å². The Balaban J connectivity index is 0.00000288. The minimum Gasteiger partial charge on any atom is -0.359 e. The van der Waals surface area contributed by atoms with Crippen LogP contribution in [0.3, 0.4) is 0 Å². The number of hydrogen-bond acceptors (Lipinski definition) is 3. The van der Waals surface area contributed by atoms with Crippen LogP contribution in [0, 0.1) is 0 Å². The lowest BCUT2D eigenvalue weighted by Crippen LogP contribution is -2.37. The smallest absolute Gasteiger partial charge is 0.191 e. The van der Waals surface area contributed by atoms with E-state index in [0.717, 1.165) is 35.4 Å². The molecule has 132 valence electrons. The minimum atomic E-state index is 0. The molecule has 0 saturated heterocycles. The van der Waals surface area contributed by atoms with E-state index in [9.17, 15) is 0 Å². The second-order valence-electron chi connectivity index (χ2n) is 5.60. The van der Waals surface area contributed by atoms with Gasteiger partial charge < -0.3 is 15.2 Å². The number of rotatable bonds is 6. The van der Waals surface area contributed by atoms with Gasteiger partial charge in [0.05, 0.1) is 12.2 Å². The van der Waals surface area contributed by atoms with Crippen molar-refractivity contribution in [3.05, 3.63) is 52.4 Å². The SMILES string of the molecule is CN=C(NCCc1ccc(Cl)cc1)NCc1cc(C(C)C)no1.I. The van der Waals surface area contributed by atoms with Gasteiger partial charge in [-0.05, 0) is 30.0 Å². The average molecular weight is 463 g/mol. The number of nitrogens with one attached hydrogen (secondary N) is 2. The van der Waals surface area contributed by atoms with Crippen LogP contribution in [0.2, 0.25) is 5.02 Å². The molecule has 0 spiro atoms. The van der Waals surface area contributed by atoms with Crippen molar-refractivity contribution in [2.24, 2.45) is 4.99 Å². The highest BCUT2D eigenvalue weighted by Crippen LogP contribution is 2.13. The van der Waals surface area contributed by atoms with Gasteiger partial charge in [0.2, 0.25) is 0 Å². The van der Waals surface area contributed by atoms with Gasteiger partial charge in [0.15, 0.2) is 11.7 Å². The van der Waals surface area contributed by atoms with Crippen LogP contribution >= 0.6 is 35.6 Å². The maximum absolute atomic E-state index is 5.88. The number of benzene rings is 1. The van der Waals surface area contributed by atoms with E-state index >= 15 is 0 Å². The molecule has 0 aliphatic rings. The number of nitrogens with zero attached hydrogens (tertiary/aromatic N) is 2. The fraction of sp³-hybridized carbons (Fsp3) is 0.412. The third-order valence-corrected chi connectivity index (χ3v) is 3.69. The van der Waals surface area contributed by atoms with Gasteiger partial charge in [0.1, 0.15) is 0 Å². The molecule has 0 aliphatic carbocycles. The molecule has 1 aromatic carbocycles. The Labute approximate surface area is 165 Å². The molecular weight excluding hydrogens is 439 g/mol. The summed E-state index contributed by atoms with van der Waals surface area (Å²) in [7, 11) is 1.75. The topological polar surface area (TPSA) is 62.5 Å². The molecule has 0 atom stereocenters. The number of hydrogen-bond donors (Lipinski definition) is 2. The van der Waals surface area contributed by atoms with Gasteiger partial charge in [-0.3, -0.25) is 4.99 Å². The van der Waals surface area contributed by atoms with E-state index in [-0.39, 0.29) is 24.0 Å². The van der Waals surface area contributed by atoms with Crippen LogP contribution in [0.25, 0.3) is 0 Å². The van der Waals surface area contributed by atoms with Gasteiger partial charge in [-0.25, -0.2) is 0 Å². The van der Waals surface area contributed by atoms with E-state index in [1.165, 1.54) is 5.56 Å². The quantitative estimate of drug-likeness (QED) is 0.387. The van der Waals surface area contributed by atoms with Crippen LogP contribution in [-0.4, -0.2) is 24.7 Å². The normalized spacial score (nSPS) is 11.3. The summed E-state index contributed by atoms with van der Waals surface area (Å²) in [5, 5.41) is 11.3. The predicted octanol–water partition coefficient (Wildman–Crippen LogP) is 3.98. The zero-order valence-corrected chi connectivity index (χ0v) is 17.3. The van der Waals surface area contributed by atoms with Crippen molar-refractivity contribution in [1.82, 2.24) is 15.8 Å². The van der Waals surface area contributed by atoms with Crippen LogP contribution in [0.5, 0.6) is 0 Å². The van der Waals surface area contributed by atoms with E-state index in [1.807, 2.05) is 30.3 Å². The molecule has 24 heavy (non-hydrogen) atoms. The Morgan fingerprint density at radius 2 is 1.96 bits per heavy atom. The van der Waals surface area contributed by atoms with Crippen molar-refractivity contribution in [3.8, 4) is 0 Å². The predicted molar refractivity (Wildman–Crippen MR) is 109 cm³/mol. The molecule has 0 unspecified atom stereocenters. The summed E-state index contributed by atoms with van der Waals surface area (Å²) in [6.07, 6.45) is 0.900. The molecule has 2 N–H and O–H groups in total. The number of halogens is 2. The summed E-state index contributed by atoms with van der Waals surface area (Å²) in [6.45, 7) is 5.52. The molecule has 0 saturated carbocycles. The van der Waals surface area contributed by atoms with Crippen molar-refractivity contribution in [1.29, 1.82) is 0 Å².